The highest BCUT2D eigenvalue weighted by Crippen LogP contribution is 2.43. The summed E-state index contributed by atoms with van der Waals surface area (Å²) in [6.45, 7) is 12.1. The average molecular weight is 392 g/mol. The van der Waals surface area contributed by atoms with Crippen LogP contribution in [0.2, 0.25) is 0 Å². The zero-order valence-electron chi connectivity index (χ0n) is 18.8. The molecule has 160 valence electrons. The minimum atomic E-state index is 0.409. The molecule has 0 amide bonds. The number of ether oxygens (including phenoxy) is 3. The summed E-state index contributed by atoms with van der Waals surface area (Å²) < 4.78 is 16.8. The van der Waals surface area contributed by atoms with E-state index in [2.05, 4.69) is 45.1 Å². The van der Waals surface area contributed by atoms with E-state index in [0.29, 0.717) is 17.4 Å². The number of benzene rings is 1. The molecule has 1 aromatic rings. The van der Waals surface area contributed by atoms with E-state index < -0.39 is 0 Å². The number of hydrogen-bond donors (Lipinski definition) is 1. The van der Waals surface area contributed by atoms with Crippen molar-refractivity contribution in [2.45, 2.75) is 72.4 Å². The average Bonchev–Trinajstić information content (AvgIpc) is 2.69. The van der Waals surface area contributed by atoms with Crippen molar-refractivity contribution in [1.82, 2.24) is 5.32 Å². The van der Waals surface area contributed by atoms with Gasteiger partial charge in [-0.15, -0.1) is 0 Å². The van der Waals surface area contributed by atoms with E-state index in [4.69, 9.17) is 14.2 Å². The molecule has 1 aromatic carbocycles. The summed E-state index contributed by atoms with van der Waals surface area (Å²) in [6, 6.07) is 6.14. The fourth-order valence-electron chi connectivity index (χ4n) is 4.19. The van der Waals surface area contributed by atoms with E-state index in [1.807, 2.05) is 6.07 Å². The summed E-state index contributed by atoms with van der Waals surface area (Å²) in [7, 11) is 3.36. The third-order valence-electron chi connectivity index (χ3n) is 6.20. The third-order valence-corrected chi connectivity index (χ3v) is 6.20. The molecule has 1 saturated heterocycles. The van der Waals surface area contributed by atoms with Crippen molar-refractivity contribution in [3.63, 3.8) is 0 Å². The third kappa shape index (κ3) is 6.66. The maximum absolute atomic E-state index is 6.08. The van der Waals surface area contributed by atoms with Gasteiger partial charge in [-0.25, -0.2) is 0 Å². The van der Waals surface area contributed by atoms with Gasteiger partial charge in [0.05, 0.1) is 20.3 Å². The second kappa shape index (κ2) is 11.1. The Balaban J connectivity index is 1.92. The van der Waals surface area contributed by atoms with Crippen LogP contribution in [0.15, 0.2) is 18.2 Å². The molecule has 0 saturated carbocycles. The molecule has 2 rings (SSSR count). The lowest BCUT2D eigenvalue weighted by Gasteiger charge is -2.43. The topological polar surface area (TPSA) is 39.7 Å². The maximum Gasteiger partial charge on any atom is 0.161 e. The van der Waals surface area contributed by atoms with E-state index in [-0.39, 0.29) is 0 Å². The molecule has 4 heteroatoms. The Morgan fingerprint density at radius 2 is 1.86 bits per heavy atom. The van der Waals surface area contributed by atoms with Crippen molar-refractivity contribution in [3.05, 3.63) is 23.8 Å². The van der Waals surface area contributed by atoms with Crippen LogP contribution in [0, 0.1) is 17.3 Å². The van der Waals surface area contributed by atoms with Gasteiger partial charge in [0.25, 0.3) is 0 Å². The van der Waals surface area contributed by atoms with Gasteiger partial charge in [0.2, 0.25) is 0 Å². The van der Waals surface area contributed by atoms with Gasteiger partial charge in [-0.2, -0.15) is 0 Å². The normalized spacial score (nSPS) is 22.6. The molecule has 1 aliphatic rings. The summed E-state index contributed by atoms with van der Waals surface area (Å²) in [6.07, 6.45) is 6.65. The van der Waals surface area contributed by atoms with Crippen LogP contribution in [0.4, 0.5) is 0 Å². The largest absolute Gasteiger partial charge is 0.493 e. The van der Waals surface area contributed by atoms with Gasteiger partial charge in [0.1, 0.15) is 0 Å². The van der Waals surface area contributed by atoms with Crippen molar-refractivity contribution in [1.29, 1.82) is 0 Å². The van der Waals surface area contributed by atoms with Crippen LogP contribution >= 0.6 is 0 Å². The van der Waals surface area contributed by atoms with Crippen molar-refractivity contribution >= 4 is 0 Å². The van der Waals surface area contributed by atoms with E-state index in [1.54, 1.807) is 14.2 Å². The fraction of sp³-hybridized carbons (Fsp3) is 0.750. The highest BCUT2D eigenvalue weighted by Gasteiger charge is 2.37. The van der Waals surface area contributed by atoms with Gasteiger partial charge in [0, 0.05) is 13.2 Å². The lowest BCUT2D eigenvalue weighted by atomic mass is 9.69. The SMILES string of the molecule is COc1ccc(CNCC[C@@]2(CCC(C)C)CCO[C@H](C(C)C)C2)cc1OC. The van der Waals surface area contributed by atoms with Crippen LogP contribution in [0.25, 0.3) is 0 Å². The van der Waals surface area contributed by atoms with E-state index >= 15 is 0 Å². The molecule has 0 bridgehead atoms. The molecule has 4 nitrogen and oxygen atoms in total. The van der Waals surface area contributed by atoms with Crippen molar-refractivity contribution in [2.75, 3.05) is 27.4 Å². The van der Waals surface area contributed by atoms with Crippen LogP contribution in [0.5, 0.6) is 11.5 Å². The van der Waals surface area contributed by atoms with Crippen molar-refractivity contribution in [3.8, 4) is 11.5 Å². The Kier molecular flexibility index (Phi) is 9.10. The van der Waals surface area contributed by atoms with Gasteiger partial charge in [-0.05, 0) is 67.2 Å². The van der Waals surface area contributed by atoms with Gasteiger partial charge in [-0.3, -0.25) is 0 Å². The van der Waals surface area contributed by atoms with Crippen molar-refractivity contribution < 1.29 is 14.2 Å². The molecule has 1 N–H and O–H groups in total. The molecular weight excluding hydrogens is 350 g/mol. The predicted octanol–water partition coefficient (Wildman–Crippen LogP) is 5.44. The minimum Gasteiger partial charge on any atom is -0.493 e. The Labute approximate surface area is 172 Å². The Morgan fingerprint density at radius 1 is 1.11 bits per heavy atom. The van der Waals surface area contributed by atoms with Crippen LogP contribution in [0.1, 0.15) is 65.4 Å². The van der Waals surface area contributed by atoms with E-state index in [9.17, 15) is 0 Å². The molecule has 2 atom stereocenters. The molecule has 0 unspecified atom stereocenters. The number of rotatable bonds is 11. The monoisotopic (exact) mass is 391 g/mol. The Morgan fingerprint density at radius 3 is 2.50 bits per heavy atom. The van der Waals surface area contributed by atoms with Gasteiger partial charge in [0.15, 0.2) is 11.5 Å². The molecule has 1 aliphatic heterocycles. The summed E-state index contributed by atoms with van der Waals surface area (Å²) in [5.74, 6) is 2.93. The molecule has 0 aliphatic carbocycles. The highest BCUT2D eigenvalue weighted by molar-refractivity contribution is 5.42. The van der Waals surface area contributed by atoms with Gasteiger partial charge < -0.3 is 19.5 Å². The van der Waals surface area contributed by atoms with Crippen molar-refractivity contribution in [2.24, 2.45) is 17.3 Å². The Bertz CT molecular complexity index is 587. The summed E-state index contributed by atoms with van der Waals surface area (Å²) in [5, 5.41) is 3.66. The maximum atomic E-state index is 6.08. The first-order valence-electron chi connectivity index (χ1n) is 10.9. The summed E-state index contributed by atoms with van der Waals surface area (Å²) in [4.78, 5) is 0. The molecule has 0 aromatic heterocycles. The molecule has 0 spiro atoms. The lowest BCUT2D eigenvalue weighted by Crippen LogP contribution is -2.39. The number of methoxy groups -OCH3 is 2. The standard InChI is InChI=1S/C24H41NO3/c1-18(2)9-10-24(12-14-28-23(16-24)19(3)4)11-13-25-17-20-7-8-21(26-5)22(15-20)27-6/h7-8,15,18-19,23,25H,9-14,16-17H2,1-6H3/t23-,24-/m0/s1. The molecular formula is C24H41NO3. The molecule has 1 heterocycles. The quantitative estimate of drug-likeness (QED) is 0.510. The van der Waals surface area contributed by atoms with Gasteiger partial charge in [-0.1, -0.05) is 40.2 Å². The lowest BCUT2D eigenvalue weighted by molar-refractivity contribution is -0.0761. The fourth-order valence-corrected chi connectivity index (χ4v) is 4.19. The first-order chi connectivity index (χ1) is 13.4. The molecule has 0 radical (unpaired) electrons. The first-order valence-corrected chi connectivity index (χ1v) is 10.9. The zero-order valence-corrected chi connectivity index (χ0v) is 18.8. The highest BCUT2D eigenvalue weighted by atomic mass is 16.5. The van der Waals surface area contributed by atoms with Crippen LogP contribution < -0.4 is 14.8 Å². The zero-order chi connectivity index (χ0) is 20.6. The van der Waals surface area contributed by atoms with Gasteiger partial charge >= 0.3 is 0 Å². The number of nitrogens with one attached hydrogen (secondary N) is 1. The van der Waals surface area contributed by atoms with Crippen LogP contribution in [-0.4, -0.2) is 33.5 Å². The molecule has 1 fully saturated rings. The summed E-state index contributed by atoms with van der Waals surface area (Å²) in [5.41, 5.74) is 1.64. The minimum absolute atomic E-state index is 0.409. The first kappa shape index (κ1) is 23.0. The van der Waals surface area contributed by atoms with E-state index in [1.165, 1.54) is 37.7 Å². The Hall–Kier alpha value is -1.26. The second-order valence-corrected chi connectivity index (χ2v) is 9.16. The number of hydrogen-bond acceptors (Lipinski definition) is 4. The van der Waals surface area contributed by atoms with Crippen LogP contribution in [-0.2, 0) is 11.3 Å². The summed E-state index contributed by atoms with van der Waals surface area (Å²) >= 11 is 0. The van der Waals surface area contributed by atoms with E-state index in [0.717, 1.165) is 37.1 Å². The predicted molar refractivity (Wildman–Crippen MR) is 116 cm³/mol. The second-order valence-electron chi connectivity index (χ2n) is 9.16. The van der Waals surface area contributed by atoms with Crippen LogP contribution in [0.3, 0.4) is 0 Å². The molecule has 28 heavy (non-hydrogen) atoms. The smallest absolute Gasteiger partial charge is 0.161 e.